The summed E-state index contributed by atoms with van der Waals surface area (Å²) < 4.78 is 11.0. The van der Waals surface area contributed by atoms with Crippen molar-refractivity contribution in [3.05, 3.63) is 35.7 Å². The molecule has 6 nitrogen and oxygen atoms in total. The van der Waals surface area contributed by atoms with Crippen LogP contribution in [0.4, 0.5) is 4.79 Å². The Morgan fingerprint density at radius 3 is 2.47 bits per heavy atom. The summed E-state index contributed by atoms with van der Waals surface area (Å²) in [4.78, 5) is 18.6. The predicted octanol–water partition coefficient (Wildman–Crippen LogP) is 6.75. The van der Waals surface area contributed by atoms with Crippen molar-refractivity contribution in [2.75, 3.05) is 13.1 Å². The highest BCUT2D eigenvalue weighted by atomic mass is 16.6. The fourth-order valence-corrected chi connectivity index (χ4v) is 4.08. The number of benzene rings is 1. The van der Waals surface area contributed by atoms with Crippen LogP contribution < -0.4 is 0 Å². The van der Waals surface area contributed by atoms with E-state index in [2.05, 4.69) is 41.3 Å². The van der Waals surface area contributed by atoms with Crippen LogP contribution in [0.5, 0.6) is 0 Å². The van der Waals surface area contributed by atoms with Gasteiger partial charge in [-0.3, -0.25) is 0 Å². The molecule has 1 aromatic heterocycles. The smallest absolute Gasteiger partial charge is 0.410 e. The molecule has 0 N–H and O–H groups in total. The highest BCUT2D eigenvalue weighted by Gasteiger charge is 2.33. The lowest BCUT2D eigenvalue weighted by Crippen LogP contribution is -2.35. The molecule has 0 radical (unpaired) electrons. The van der Waals surface area contributed by atoms with Crippen molar-refractivity contribution in [2.45, 2.75) is 97.0 Å². The van der Waals surface area contributed by atoms with Gasteiger partial charge in [0, 0.05) is 18.7 Å². The third-order valence-corrected chi connectivity index (χ3v) is 5.91. The predicted molar refractivity (Wildman–Crippen MR) is 127 cm³/mol. The average molecular weight is 442 g/mol. The van der Waals surface area contributed by atoms with Crippen molar-refractivity contribution < 1.29 is 14.1 Å². The summed E-state index contributed by atoms with van der Waals surface area (Å²) in [6.07, 6.45) is 10.9. The number of carbonyl (C=O) groups is 1. The molecule has 0 bridgehead atoms. The zero-order valence-electron chi connectivity index (χ0n) is 20.2. The molecule has 0 unspecified atom stereocenters. The Morgan fingerprint density at radius 2 is 1.78 bits per heavy atom. The second kappa shape index (κ2) is 11.5. The van der Waals surface area contributed by atoms with Crippen LogP contribution in [-0.2, 0) is 11.2 Å². The largest absolute Gasteiger partial charge is 0.444 e. The van der Waals surface area contributed by atoms with Crippen LogP contribution in [-0.4, -0.2) is 39.8 Å². The lowest BCUT2D eigenvalue weighted by molar-refractivity contribution is 0.0291. The number of hydrogen-bond acceptors (Lipinski definition) is 5. The normalized spacial score (nSPS) is 16.5. The fourth-order valence-electron chi connectivity index (χ4n) is 4.08. The van der Waals surface area contributed by atoms with Crippen molar-refractivity contribution in [1.29, 1.82) is 0 Å². The molecule has 176 valence electrons. The Bertz CT molecular complexity index is 839. The molecule has 2 heterocycles. The van der Waals surface area contributed by atoms with Gasteiger partial charge in [-0.25, -0.2) is 4.79 Å². The van der Waals surface area contributed by atoms with E-state index in [9.17, 15) is 4.79 Å². The summed E-state index contributed by atoms with van der Waals surface area (Å²) in [5.41, 5.74) is 1.83. The van der Waals surface area contributed by atoms with E-state index < -0.39 is 5.60 Å². The topological polar surface area (TPSA) is 68.5 Å². The minimum atomic E-state index is -0.492. The maximum absolute atomic E-state index is 12.3. The highest BCUT2D eigenvalue weighted by molar-refractivity contribution is 5.68. The Labute approximate surface area is 192 Å². The van der Waals surface area contributed by atoms with Gasteiger partial charge in [-0.1, -0.05) is 74.9 Å². The summed E-state index contributed by atoms with van der Waals surface area (Å²) in [5.74, 6) is 1.26. The first-order valence-electron chi connectivity index (χ1n) is 12.3. The van der Waals surface area contributed by atoms with Crippen LogP contribution in [0.15, 0.2) is 28.8 Å². The lowest BCUT2D eigenvalue weighted by atomic mass is 10.0. The van der Waals surface area contributed by atoms with E-state index in [0.717, 1.165) is 18.4 Å². The van der Waals surface area contributed by atoms with Crippen LogP contribution in [0.3, 0.4) is 0 Å². The van der Waals surface area contributed by atoms with Crippen LogP contribution in [0.25, 0.3) is 11.4 Å². The molecule has 32 heavy (non-hydrogen) atoms. The number of aryl methyl sites for hydroxylation is 1. The maximum Gasteiger partial charge on any atom is 0.410 e. The van der Waals surface area contributed by atoms with Gasteiger partial charge in [0.2, 0.25) is 11.7 Å². The minimum absolute atomic E-state index is 0.0559. The zero-order chi connectivity index (χ0) is 23.0. The van der Waals surface area contributed by atoms with Crippen LogP contribution >= 0.6 is 0 Å². The molecule has 1 atom stereocenters. The van der Waals surface area contributed by atoms with Crippen LogP contribution in [0.1, 0.15) is 96.4 Å². The van der Waals surface area contributed by atoms with Crippen molar-refractivity contribution in [3.8, 4) is 11.4 Å². The molecule has 1 amide bonds. The molecule has 0 aliphatic carbocycles. The average Bonchev–Trinajstić information content (AvgIpc) is 3.42. The zero-order valence-corrected chi connectivity index (χ0v) is 20.2. The van der Waals surface area contributed by atoms with Gasteiger partial charge in [-0.05, 0) is 45.6 Å². The molecule has 0 spiro atoms. The second-order valence-corrected chi connectivity index (χ2v) is 9.94. The highest BCUT2D eigenvalue weighted by Crippen LogP contribution is 2.29. The number of hydrogen-bond donors (Lipinski definition) is 0. The van der Waals surface area contributed by atoms with E-state index in [-0.39, 0.29) is 12.0 Å². The first kappa shape index (κ1) is 24.3. The number of nitrogens with zero attached hydrogens (tertiary/aromatic N) is 3. The molecule has 6 heteroatoms. The summed E-state index contributed by atoms with van der Waals surface area (Å²) in [6, 6.07) is 8.49. The second-order valence-electron chi connectivity index (χ2n) is 9.94. The van der Waals surface area contributed by atoms with Crippen LogP contribution in [0, 0.1) is 0 Å². The first-order chi connectivity index (χ1) is 15.4. The Kier molecular flexibility index (Phi) is 8.71. The van der Waals surface area contributed by atoms with E-state index in [1.54, 1.807) is 4.90 Å². The summed E-state index contributed by atoms with van der Waals surface area (Å²) in [7, 11) is 0. The Morgan fingerprint density at radius 1 is 1.09 bits per heavy atom. The van der Waals surface area contributed by atoms with E-state index >= 15 is 0 Å². The van der Waals surface area contributed by atoms with E-state index in [1.807, 2.05) is 20.8 Å². The Balaban J connectivity index is 1.47. The van der Waals surface area contributed by atoms with Crippen molar-refractivity contribution in [3.63, 3.8) is 0 Å². The molecule has 1 aromatic carbocycles. The van der Waals surface area contributed by atoms with Gasteiger partial charge in [-0.2, -0.15) is 4.98 Å². The van der Waals surface area contributed by atoms with Crippen molar-refractivity contribution in [1.82, 2.24) is 15.0 Å². The monoisotopic (exact) mass is 441 g/mol. The van der Waals surface area contributed by atoms with Gasteiger partial charge in [0.25, 0.3) is 0 Å². The van der Waals surface area contributed by atoms with Crippen molar-refractivity contribution in [2.24, 2.45) is 0 Å². The molecule has 1 aliphatic rings. The summed E-state index contributed by atoms with van der Waals surface area (Å²) in [5, 5.41) is 4.18. The molecule has 0 saturated carbocycles. The molecule has 3 rings (SSSR count). The number of aromatic nitrogens is 2. The Hall–Kier alpha value is -2.37. The first-order valence-corrected chi connectivity index (χ1v) is 12.3. The lowest BCUT2D eigenvalue weighted by Gasteiger charge is -2.24. The van der Waals surface area contributed by atoms with Gasteiger partial charge in [0.05, 0.1) is 5.92 Å². The van der Waals surface area contributed by atoms with Gasteiger partial charge >= 0.3 is 6.09 Å². The molecule has 1 aliphatic heterocycles. The third-order valence-electron chi connectivity index (χ3n) is 5.91. The van der Waals surface area contributed by atoms with Gasteiger partial charge in [0.15, 0.2) is 0 Å². The third kappa shape index (κ3) is 7.35. The SMILES string of the molecule is CCCCCCCCCc1ccc(-c2noc([C@@H]3CCN(C(=O)OC(C)(C)C)C3)n2)cc1. The number of carbonyl (C=O) groups excluding carboxylic acids is 1. The number of rotatable bonds is 10. The van der Waals surface area contributed by atoms with Gasteiger partial charge < -0.3 is 14.2 Å². The molecule has 1 fully saturated rings. The molecular formula is C26H39N3O3. The molecule has 2 aromatic rings. The standard InChI is InChI=1S/C26H39N3O3/c1-5-6-7-8-9-10-11-12-20-13-15-21(16-14-20)23-27-24(32-28-23)22-17-18-29(19-22)25(30)31-26(2,3)4/h13-16,22H,5-12,17-19H2,1-4H3/t22-/m1/s1. The number of likely N-dealkylation sites (tertiary alicyclic amines) is 1. The molecule has 1 saturated heterocycles. The van der Waals surface area contributed by atoms with E-state index in [0.29, 0.717) is 24.8 Å². The molecular weight excluding hydrogens is 402 g/mol. The van der Waals surface area contributed by atoms with E-state index in [4.69, 9.17) is 9.26 Å². The summed E-state index contributed by atoms with van der Waals surface area (Å²) in [6.45, 7) is 9.08. The van der Waals surface area contributed by atoms with Gasteiger partial charge in [0.1, 0.15) is 5.60 Å². The fraction of sp³-hybridized carbons (Fsp3) is 0.654. The number of unbranched alkanes of at least 4 members (excludes halogenated alkanes) is 6. The number of ether oxygens (including phenoxy) is 1. The minimum Gasteiger partial charge on any atom is -0.444 e. The van der Waals surface area contributed by atoms with Crippen LogP contribution in [0.2, 0.25) is 0 Å². The quantitative estimate of drug-likeness (QED) is 0.381. The van der Waals surface area contributed by atoms with Crippen molar-refractivity contribution >= 4 is 6.09 Å². The maximum atomic E-state index is 12.3. The van der Waals surface area contributed by atoms with Gasteiger partial charge in [-0.15, -0.1) is 0 Å². The number of amides is 1. The summed E-state index contributed by atoms with van der Waals surface area (Å²) >= 11 is 0. The van der Waals surface area contributed by atoms with E-state index in [1.165, 1.54) is 50.5 Å².